The van der Waals surface area contributed by atoms with Crippen LogP contribution in [0.1, 0.15) is 48.1 Å². The van der Waals surface area contributed by atoms with Crippen LogP contribution in [0.4, 0.5) is 0 Å². The maximum Gasteiger partial charge on any atom is 0.245 e. The van der Waals surface area contributed by atoms with Gasteiger partial charge in [0.2, 0.25) is 21.8 Å². The fraction of sp³-hybridized carbons (Fsp3) is 0.351. The van der Waals surface area contributed by atoms with Crippen molar-refractivity contribution < 1.29 is 22.7 Å². The van der Waals surface area contributed by atoms with Crippen LogP contribution in [-0.2, 0) is 32.6 Å². The van der Waals surface area contributed by atoms with Crippen LogP contribution < -0.4 is 15.9 Å². The lowest BCUT2D eigenvalue weighted by Crippen LogP contribution is -2.48. The first-order chi connectivity index (χ1) is 24.5. The Balaban J connectivity index is 1.05. The van der Waals surface area contributed by atoms with Gasteiger partial charge in [0, 0.05) is 47.8 Å². The van der Waals surface area contributed by atoms with Crippen LogP contribution in [-0.4, -0.2) is 72.9 Å². The molecule has 0 unspecified atom stereocenters. The molecule has 51 heavy (non-hydrogen) atoms. The van der Waals surface area contributed by atoms with Gasteiger partial charge in [0.1, 0.15) is 28.8 Å². The van der Waals surface area contributed by atoms with E-state index in [-0.39, 0.29) is 45.8 Å². The molecule has 3 N–H and O–H groups in total. The molecule has 0 aliphatic carbocycles. The van der Waals surface area contributed by atoms with Crippen molar-refractivity contribution >= 4 is 62.2 Å². The largest absolute Gasteiger partial charge is 0.487 e. The number of piperidine rings is 1. The fourth-order valence-corrected chi connectivity index (χ4v) is 9.17. The van der Waals surface area contributed by atoms with Gasteiger partial charge in [-0.1, -0.05) is 65.7 Å². The molecule has 11 nitrogen and oxygen atoms in total. The minimum Gasteiger partial charge on any atom is -0.487 e. The second-order valence-corrected chi connectivity index (χ2v) is 15.6. The van der Waals surface area contributed by atoms with Crippen LogP contribution in [0.25, 0.3) is 10.9 Å². The molecule has 3 aromatic carbocycles. The van der Waals surface area contributed by atoms with E-state index in [4.69, 9.17) is 33.8 Å². The number of sulfonamides is 1. The Bertz CT molecular complexity index is 2050. The number of halogens is 2. The average molecular weight is 752 g/mol. The highest BCUT2D eigenvalue weighted by molar-refractivity contribution is 7.89. The van der Waals surface area contributed by atoms with Gasteiger partial charge in [-0.25, -0.2) is 13.4 Å². The second-order valence-electron chi connectivity index (χ2n) is 12.9. The highest BCUT2D eigenvalue weighted by atomic mass is 35.5. The van der Waals surface area contributed by atoms with Crippen LogP contribution in [0.3, 0.4) is 0 Å². The fourth-order valence-electron chi connectivity index (χ4n) is 6.65. The third-order valence-corrected chi connectivity index (χ3v) is 12.4. The summed E-state index contributed by atoms with van der Waals surface area (Å²) in [5.41, 5.74) is 3.61. The smallest absolute Gasteiger partial charge is 0.245 e. The number of hydrazone groups is 1. The first-order valence-corrected chi connectivity index (χ1v) is 19.1. The molecule has 2 fully saturated rings. The summed E-state index contributed by atoms with van der Waals surface area (Å²) < 4.78 is 35.4. The molecule has 3 heterocycles. The van der Waals surface area contributed by atoms with E-state index in [0.717, 1.165) is 35.0 Å². The van der Waals surface area contributed by atoms with Crippen LogP contribution >= 0.6 is 23.2 Å². The lowest BCUT2D eigenvalue weighted by atomic mass is 9.96. The highest BCUT2D eigenvalue weighted by Gasteiger charge is 2.41. The maximum absolute atomic E-state index is 14.0. The number of likely N-dealkylation sites (tertiary alicyclic amines) is 1. The summed E-state index contributed by atoms with van der Waals surface area (Å²) in [6.07, 6.45) is 4.27. The molecule has 0 radical (unpaired) electrons. The van der Waals surface area contributed by atoms with E-state index in [1.54, 1.807) is 12.3 Å². The number of aromatic nitrogens is 1. The number of fused-ring (bicyclic) bond motifs is 1. The molecule has 268 valence electrons. The summed E-state index contributed by atoms with van der Waals surface area (Å²) in [6.45, 7) is 3.60. The zero-order valence-electron chi connectivity index (χ0n) is 28.2. The number of hydrogen-bond donors (Lipinski definition) is 2. The summed E-state index contributed by atoms with van der Waals surface area (Å²) in [7, 11) is -4.16. The van der Waals surface area contributed by atoms with Gasteiger partial charge in [-0.15, -0.1) is 0 Å². The lowest BCUT2D eigenvalue weighted by Gasteiger charge is -2.32. The average Bonchev–Trinajstić information content (AvgIpc) is 3.63. The third-order valence-electron chi connectivity index (χ3n) is 9.53. The number of nitrogens with two attached hydrogens (primary N) is 1. The predicted octanol–water partition coefficient (Wildman–Crippen LogP) is 5.47. The number of ether oxygens (including phenoxy) is 1. The minimum absolute atomic E-state index is 0.0442. The van der Waals surface area contributed by atoms with E-state index >= 15 is 0 Å². The van der Waals surface area contributed by atoms with Gasteiger partial charge in [0.25, 0.3) is 0 Å². The van der Waals surface area contributed by atoms with Gasteiger partial charge >= 0.3 is 0 Å². The Labute approximate surface area is 307 Å². The van der Waals surface area contributed by atoms with E-state index in [9.17, 15) is 18.0 Å². The normalized spacial score (nSPS) is 17.3. The summed E-state index contributed by atoms with van der Waals surface area (Å²) in [5, 5.41) is 7.63. The number of benzene rings is 3. The molecular formula is C37H40Cl2N6O5S. The molecular weight excluding hydrogens is 711 g/mol. The minimum atomic E-state index is -4.16. The number of pyridine rings is 1. The number of nitrogens with one attached hydrogen (secondary N) is 1. The Kier molecular flexibility index (Phi) is 11.5. The standard InChI is InChI=1S/C37H40Cl2N6O5S/c1-24-7-12-28-4-2-6-32(36(28)43-24)50-23-29-30(38)13-14-33(35(29)39)51(48,49)45-17-3-5-31(45)37(47)41-21-27-15-18-44(19-16-27)34(46)20-25-8-10-26(11-9-25)22-42-40/h2,4,6-14,22,27,31H,3,5,15-21,23,40H2,1H3,(H,41,47)/t31-/m0/s1. The Morgan fingerprint density at radius 2 is 1.78 bits per heavy atom. The van der Waals surface area contributed by atoms with Crippen LogP contribution in [0.15, 0.2) is 76.7 Å². The summed E-state index contributed by atoms with van der Waals surface area (Å²) >= 11 is 13.3. The van der Waals surface area contributed by atoms with Gasteiger partial charge in [0.15, 0.2) is 0 Å². The van der Waals surface area contributed by atoms with Gasteiger partial charge in [0.05, 0.1) is 17.7 Å². The Morgan fingerprint density at radius 3 is 2.53 bits per heavy atom. The molecule has 1 atom stereocenters. The van der Waals surface area contributed by atoms with E-state index in [0.29, 0.717) is 55.7 Å². The van der Waals surface area contributed by atoms with Gasteiger partial charge < -0.3 is 20.8 Å². The van der Waals surface area contributed by atoms with E-state index < -0.39 is 16.1 Å². The van der Waals surface area contributed by atoms with E-state index in [1.807, 2.05) is 60.4 Å². The molecule has 2 aliphatic heterocycles. The first-order valence-electron chi connectivity index (χ1n) is 16.9. The summed E-state index contributed by atoms with van der Waals surface area (Å²) in [6, 6.07) is 19.0. The van der Waals surface area contributed by atoms with Crippen molar-refractivity contribution in [1.82, 2.24) is 19.5 Å². The summed E-state index contributed by atoms with van der Waals surface area (Å²) in [4.78, 5) is 32.7. The molecule has 6 rings (SSSR count). The van der Waals surface area contributed by atoms with Crippen LogP contribution in [0.2, 0.25) is 10.0 Å². The SMILES string of the molecule is Cc1ccc2cccc(OCc3c(Cl)ccc(S(=O)(=O)N4CCC[C@H]4C(=O)NCC4CCN(C(=O)Cc5ccc(C=NN)cc5)CC4)c3Cl)c2n1. The predicted molar refractivity (Wildman–Crippen MR) is 198 cm³/mol. The van der Waals surface area contributed by atoms with Gasteiger partial charge in [-0.05, 0) is 73.9 Å². The lowest BCUT2D eigenvalue weighted by molar-refractivity contribution is -0.132. The number of aryl methyl sites for hydroxylation is 1. The molecule has 2 aliphatic rings. The molecule has 0 spiro atoms. The number of carbonyl (C=O) groups is 2. The second kappa shape index (κ2) is 16.0. The Morgan fingerprint density at radius 1 is 1.02 bits per heavy atom. The van der Waals surface area contributed by atoms with Crippen LogP contribution in [0.5, 0.6) is 5.75 Å². The van der Waals surface area contributed by atoms with E-state index in [1.165, 1.54) is 16.4 Å². The molecule has 4 aromatic rings. The van der Waals surface area contributed by atoms with E-state index in [2.05, 4.69) is 15.4 Å². The zero-order valence-corrected chi connectivity index (χ0v) is 30.6. The maximum atomic E-state index is 14.0. The van der Waals surface area contributed by atoms with Crippen molar-refractivity contribution in [3.05, 3.63) is 99.2 Å². The van der Waals surface area contributed by atoms with Gasteiger partial charge in [-0.3, -0.25) is 9.59 Å². The van der Waals surface area contributed by atoms with Gasteiger partial charge in [-0.2, -0.15) is 9.41 Å². The van der Waals surface area contributed by atoms with Crippen molar-refractivity contribution in [3.63, 3.8) is 0 Å². The molecule has 1 aromatic heterocycles. The molecule has 14 heteroatoms. The van der Waals surface area contributed by atoms with Crippen molar-refractivity contribution in [1.29, 1.82) is 0 Å². The molecule has 2 amide bonds. The van der Waals surface area contributed by atoms with Crippen molar-refractivity contribution in [2.75, 3.05) is 26.2 Å². The number of nitrogens with zero attached hydrogens (tertiary/aromatic N) is 4. The quantitative estimate of drug-likeness (QED) is 0.117. The molecule has 2 saturated heterocycles. The molecule has 0 saturated carbocycles. The number of carbonyl (C=O) groups excluding carboxylic acids is 2. The third kappa shape index (κ3) is 8.30. The number of rotatable bonds is 11. The van der Waals surface area contributed by atoms with Crippen LogP contribution in [0, 0.1) is 12.8 Å². The van der Waals surface area contributed by atoms with Crippen molar-refractivity contribution in [2.24, 2.45) is 16.9 Å². The molecule has 0 bridgehead atoms. The monoisotopic (exact) mass is 750 g/mol. The first kappa shape index (κ1) is 36.6. The Hall–Kier alpha value is -4.23. The number of amides is 2. The summed E-state index contributed by atoms with van der Waals surface area (Å²) in [5.74, 6) is 5.61. The zero-order chi connectivity index (χ0) is 36.1. The van der Waals surface area contributed by atoms with Crippen molar-refractivity contribution in [3.8, 4) is 5.75 Å². The highest BCUT2D eigenvalue weighted by Crippen LogP contribution is 2.36. The number of para-hydroxylation sites is 1. The van der Waals surface area contributed by atoms with Crippen molar-refractivity contribution in [2.45, 2.75) is 56.6 Å². The topological polar surface area (TPSA) is 147 Å². The number of hydrogen-bond acceptors (Lipinski definition) is 8.